The fraction of sp³-hybridized carbons (Fsp3) is 0.316. The van der Waals surface area contributed by atoms with Gasteiger partial charge < -0.3 is 15.0 Å². The van der Waals surface area contributed by atoms with Crippen LogP contribution in [0.1, 0.15) is 17.2 Å². The highest BCUT2D eigenvalue weighted by Gasteiger charge is 2.15. The van der Waals surface area contributed by atoms with Gasteiger partial charge in [0.1, 0.15) is 5.75 Å². The largest absolute Gasteiger partial charge is 0.482 e. The molecular weight excluding hydrogens is 359 g/mol. The van der Waals surface area contributed by atoms with E-state index in [1.165, 1.54) is 5.56 Å². The van der Waals surface area contributed by atoms with Crippen molar-refractivity contribution in [3.05, 3.63) is 64.7 Å². The van der Waals surface area contributed by atoms with Crippen LogP contribution in [0.3, 0.4) is 0 Å². The van der Waals surface area contributed by atoms with Crippen LogP contribution in [-0.2, 0) is 4.79 Å². The lowest BCUT2D eigenvalue weighted by Gasteiger charge is -2.25. The number of hydrogen-bond acceptors (Lipinski definition) is 3. The van der Waals surface area contributed by atoms with Crippen LogP contribution in [0.4, 0.5) is 0 Å². The fourth-order valence-corrected chi connectivity index (χ4v) is 2.54. The van der Waals surface area contributed by atoms with Crippen LogP contribution in [-0.4, -0.2) is 38.1 Å². The summed E-state index contributed by atoms with van der Waals surface area (Å²) in [5, 5.41) is 3.41. The number of halogens is 2. The third kappa shape index (κ3) is 6.58. The Hall–Kier alpha value is -1.75. The second-order valence-corrected chi connectivity index (χ2v) is 6.32. The minimum atomic E-state index is -0.172. The van der Waals surface area contributed by atoms with E-state index < -0.39 is 0 Å². The summed E-state index contributed by atoms with van der Waals surface area (Å²) >= 11 is 6.01. The van der Waals surface area contributed by atoms with E-state index in [0.29, 0.717) is 17.3 Å². The van der Waals surface area contributed by atoms with Crippen LogP contribution in [0, 0.1) is 6.92 Å². The Morgan fingerprint density at radius 1 is 1.16 bits per heavy atom. The number of nitrogens with one attached hydrogen (secondary N) is 1. The molecule has 1 atom stereocenters. The lowest BCUT2D eigenvalue weighted by atomic mass is 10.0. The maximum atomic E-state index is 12.0. The van der Waals surface area contributed by atoms with E-state index in [4.69, 9.17) is 16.3 Å². The highest BCUT2D eigenvalue weighted by atomic mass is 35.5. The summed E-state index contributed by atoms with van der Waals surface area (Å²) in [4.78, 5) is 14.1. The van der Waals surface area contributed by atoms with Gasteiger partial charge >= 0.3 is 0 Å². The molecule has 0 aliphatic heterocycles. The monoisotopic (exact) mass is 382 g/mol. The summed E-state index contributed by atoms with van der Waals surface area (Å²) in [7, 11) is 3.99. The van der Waals surface area contributed by atoms with E-state index in [9.17, 15) is 4.79 Å². The molecule has 0 saturated heterocycles. The topological polar surface area (TPSA) is 41.6 Å². The van der Waals surface area contributed by atoms with Crippen LogP contribution in [0.25, 0.3) is 0 Å². The maximum absolute atomic E-state index is 12.0. The summed E-state index contributed by atoms with van der Waals surface area (Å²) in [6.45, 7) is 2.51. The molecule has 0 fully saturated rings. The Morgan fingerprint density at radius 2 is 1.80 bits per heavy atom. The number of benzene rings is 2. The molecule has 1 unspecified atom stereocenters. The number of hydrogen-bond donors (Lipinski definition) is 1. The van der Waals surface area contributed by atoms with Gasteiger partial charge in [-0.1, -0.05) is 53.6 Å². The SMILES string of the molecule is Cc1ccc(C(CNC(=O)COc2ccccc2Cl)N(C)C)cc1.Cl. The molecule has 25 heavy (non-hydrogen) atoms. The second kappa shape index (κ2) is 10.3. The van der Waals surface area contributed by atoms with Gasteiger partial charge in [0.25, 0.3) is 5.91 Å². The minimum Gasteiger partial charge on any atom is -0.482 e. The number of ether oxygens (including phenoxy) is 1. The van der Waals surface area contributed by atoms with Gasteiger partial charge in [-0.2, -0.15) is 0 Å². The molecule has 0 saturated carbocycles. The zero-order chi connectivity index (χ0) is 17.5. The van der Waals surface area contributed by atoms with Gasteiger partial charge in [-0.15, -0.1) is 12.4 Å². The average molecular weight is 383 g/mol. The van der Waals surface area contributed by atoms with E-state index >= 15 is 0 Å². The summed E-state index contributed by atoms with van der Waals surface area (Å²) in [6, 6.07) is 15.5. The van der Waals surface area contributed by atoms with Gasteiger partial charge in [0.2, 0.25) is 0 Å². The van der Waals surface area contributed by atoms with Crippen molar-refractivity contribution in [2.45, 2.75) is 13.0 Å². The highest BCUT2D eigenvalue weighted by molar-refractivity contribution is 6.32. The van der Waals surface area contributed by atoms with Crippen LogP contribution >= 0.6 is 24.0 Å². The first-order chi connectivity index (χ1) is 11.5. The summed E-state index contributed by atoms with van der Waals surface area (Å²) in [5.41, 5.74) is 2.38. The van der Waals surface area contributed by atoms with Gasteiger partial charge in [0, 0.05) is 6.54 Å². The number of carbonyl (C=O) groups excluding carboxylic acids is 1. The molecule has 1 N–H and O–H groups in total. The standard InChI is InChI=1S/C19H23ClN2O2.ClH/c1-14-8-10-15(11-9-14)17(22(2)3)12-21-19(23)13-24-18-7-5-4-6-16(18)20;/h4-11,17H,12-13H2,1-3H3,(H,21,23);1H. The molecule has 0 aromatic heterocycles. The zero-order valence-electron chi connectivity index (χ0n) is 14.7. The molecule has 0 heterocycles. The van der Waals surface area contributed by atoms with Gasteiger partial charge in [0.15, 0.2) is 6.61 Å². The van der Waals surface area contributed by atoms with Crippen molar-refractivity contribution < 1.29 is 9.53 Å². The van der Waals surface area contributed by atoms with Crippen LogP contribution in [0.5, 0.6) is 5.75 Å². The van der Waals surface area contributed by atoms with Crippen molar-refractivity contribution in [1.29, 1.82) is 0 Å². The third-order valence-corrected chi connectivity index (χ3v) is 4.09. The molecule has 0 aliphatic rings. The Balaban J connectivity index is 0.00000312. The van der Waals surface area contributed by atoms with Crippen LogP contribution in [0.2, 0.25) is 5.02 Å². The van der Waals surface area contributed by atoms with E-state index in [1.54, 1.807) is 12.1 Å². The lowest BCUT2D eigenvalue weighted by Crippen LogP contribution is -2.36. The first-order valence-corrected chi connectivity index (χ1v) is 8.22. The lowest BCUT2D eigenvalue weighted by molar-refractivity contribution is -0.123. The highest BCUT2D eigenvalue weighted by Crippen LogP contribution is 2.23. The van der Waals surface area contributed by atoms with Crippen LogP contribution < -0.4 is 10.1 Å². The molecule has 0 spiro atoms. The molecule has 1 amide bonds. The normalized spacial score (nSPS) is 11.6. The Labute approximate surface area is 160 Å². The fourth-order valence-electron chi connectivity index (χ4n) is 2.35. The molecular formula is C19H24Cl2N2O2. The maximum Gasteiger partial charge on any atom is 0.258 e. The van der Waals surface area contributed by atoms with Gasteiger partial charge in [-0.3, -0.25) is 4.79 Å². The minimum absolute atomic E-state index is 0. The molecule has 6 heteroatoms. The summed E-state index contributed by atoms with van der Waals surface area (Å²) in [6.07, 6.45) is 0. The predicted octanol–water partition coefficient (Wildman–Crippen LogP) is 3.87. The van der Waals surface area contributed by atoms with Gasteiger partial charge in [0.05, 0.1) is 11.1 Å². The van der Waals surface area contributed by atoms with Crippen LogP contribution in [0.15, 0.2) is 48.5 Å². The van der Waals surface area contributed by atoms with Crippen molar-refractivity contribution in [2.75, 3.05) is 27.2 Å². The number of likely N-dealkylation sites (N-methyl/N-ethyl adjacent to an activating group) is 1. The Morgan fingerprint density at radius 3 is 2.40 bits per heavy atom. The third-order valence-electron chi connectivity index (χ3n) is 3.77. The summed E-state index contributed by atoms with van der Waals surface area (Å²) in [5.74, 6) is 0.339. The molecule has 0 bridgehead atoms. The smallest absolute Gasteiger partial charge is 0.258 e. The second-order valence-electron chi connectivity index (χ2n) is 5.91. The van der Waals surface area contributed by atoms with Gasteiger partial charge in [-0.05, 0) is 38.7 Å². The van der Waals surface area contributed by atoms with Gasteiger partial charge in [-0.25, -0.2) is 0 Å². The Kier molecular flexibility index (Phi) is 8.76. The first kappa shape index (κ1) is 21.3. The number of para-hydroxylation sites is 1. The molecule has 0 aliphatic carbocycles. The van der Waals surface area contributed by atoms with Crippen molar-refractivity contribution in [1.82, 2.24) is 10.2 Å². The Bertz CT molecular complexity index is 675. The molecule has 0 radical (unpaired) electrons. The number of amides is 1. The van der Waals surface area contributed by atoms with E-state index in [-0.39, 0.29) is 31.0 Å². The van der Waals surface area contributed by atoms with E-state index in [1.807, 2.05) is 26.2 Å². The van der Waals surface area contributed by atoms with E-state index in [2.05, 4.69) is 41.4 Å². The quantitative estimate of drug-likeness (QED) is 0.789. The zero-order valence-corrected chi connectivity index (χ0v) is 16.2. The summed E-state index contributed by atoms with van der Waals surface area (Å²) < 4.78 is 5.46. The van der Waals surface area contributed by atoms with Crippen molar-refractivity contribution >= 4 is 29.9 Å². The molecule has 2 aromatic rings. The van der Waals surface area contributed by atoms with E-state index in [0.717, 1.165) is 5.56 Å². The molecule has 4 nitrogen and oxygen atoms in total. The molecule has 2 aromatic carbocycles. The van der Waals surface area contributed by atoms with Crippen molar-refractivity contribution in [2.24, 2.45) is 0 Å². The van der Waals surface area contributed by atoms with Crippen molar-refractivity contribution in [3.8, 4) is 5.75 Å². The number of nitrogens with zero attached hydrogens (tertiary/aromatic N) is 1. The molecule has 2 rings (SSSR count). The average Bonchev–Trinajstić information content (AvgIpc) is 2.55. The first-order valence-electron chi connectivity index (χ1n) is 7.84. The number of aryl methyl sites for hydroxylation is 1. The molecule has 136 valence electrons. The van der Waals surface area contributed by atoms with Crippen molar-refractivity contribution in [3.63, 3.8) is 0 Å². The number of rotatable bonds is 7. The predicted molar refractivity (Wildman–Crippen MR) is 105 cm³/mol. The number of carbonyl (C=O) groups is 1.